The fourth-order valence-electron chi connectivity index (χ4n) is 3.34. The Morgan fingerprint density at radius 3 is 2.44 bits per heavy atom. The van der Waals surface area contributed by atoms with Crippen molar-refractivity contribution in [3.63, 3.8) is 0 Å². The van der Waals surface area contributed by atoms with Crippen LogP contribution in [0.3, 0.4) is 0 Å². The summed E-state index contributed by atoms with van der Waals surface area (Å²) in [6.45, 7) is 0.574. The fraction of sp³-hybridized carbons (Fsp3) is 0.125. The molecule has 0 saturated heterocycles. The van der Waals surface area contributed by atoms with Crippen LogP contribution in [0.4, 0.5) is 4.39 Å². The van der Waals surface area contributed by atoms with Crippen molar-refractivity contribution in [2.24, 2.45) is 0 Å². The van der Waals surface area contributed by atoms with E-state index in [2.05, 4.69) is 10.3 Å². The molecule has 0 radical (unpaired) electrons. The predicted molar refractivity (Wildman–Crippen MR) is 123 cm³/mol. The molecule has 4 rings (SSSR count). The van der Waals surface area contributed by atoms with Gasteiger partial charge in [-0.15, -0.1) is 0 Å². The molecule has 0 aliphatic carbocycles. The molecule has 1 aromatic heterocycles. The third-order valence-electron chi connectivity index (χ3n) is 5.11. The van der Waals surface area contributed by atoms with Crippen molar-refractivity contribution in [2.75, 3.05) is 7.11 Å². The average Bonchev–Trinajstić information content (AvgIpc) is 2.81. The molecular weight excluding hydrogens is 429 g/mol. The number of nitrogens with zero attached hydrogens (tertiary/aromatic N) is 1. The first-order valence-corrected chi connectivity index (χ1v) is 10.3. The highest BCUT2D eigenvalue weighted by Gasteiger charge is 2.11. The van der Waals surface area contributed by atoms with Crippen LogP contribution in [0.15, 0.2) is 71.5 Å². The lowest BCUT2D eigenvalue weighted by Crippen LogP contribution is -2.24. The number of fused-ring (bicyclic) bond motifs is 1. The molecule has 162 valence electrons. The van der Waals surface area contributed by atoms with Gasteiger partial charge in [0.15, 0.2) is 4.77 Å². The molecule has 4 aromatic rings. The van der Waals surface area contributed by atoms with E-state index in [0.717, 1.165) is 16.9 Å². The zero-order chi connectivity index (χ0) is 22.7. The number of H-pyrrole nitrogens is 1. The van der Waals surface area contributed by atoms with Gasteiger partial charge in [-0.1, -0.05) is 24.3 Å². The Kier molecular flexibility index (Phi) is 6.13. The summed E-state index contributed by atoms with van der Waals surface area (Å²) in [5.41, 5.74) is 2.32. The molecule has 0 fully saturated rings. The molecule has 0 aliphatic heterocycles. The van der Waals surface area contributed by atoms with Crippen molar-refractivity contribution in [3.05, 3.63) is 104 Å². The molecule has 6 nitrogen and oxygen atoms in total. The minimum absolute atomic E-state index is 0.238. The second-order valence-corrected chi connectivity index (χ2v) is 7.63. The highest BCUT2D eigenvalue weighted by molar-refractivity contribution is 7.71. The quantitative estimate of drug-likeness (QED) is 0.433. The van der Waals surface area contributed by atoms with Crippen LogP contribution in [-0.2, 0) is 13.1 Å². The van der Waals surface area contributed by atoms with Crippen molar-refractivity contribution < 1.29 is 13.9 Å². The molecule has 3 aromatic carbocycles. The Labute approximate surface area is 188 Å². The minimum atomic E-state index is -0.331. The molecule has 1 amide bonds. The fourth-order valence-corrected chi connectivity index (χ4v) is 3.60. The maximum atomic E-state index is 13.0. The molecule has 0 atom stereocenters. The maximum Gasteiger partial charge on any atom is 0.262 e. The van der Waals surface area contributed by atoms with Gasteiger partial charge in [0.05, 0.1) is 24.6 Å². The molecule has 0 aliphatic rings. The van der Waals surface area contributed by atoms with Gasteiger partial charge in [-0.3, -0.25) is 14.2 Å². The number of ether oxygens (including phenoxy) is 1. The first kappa shape index (κ1) is 21.5. The highest BCUT2D eigenvalue weighted by atomic mass is 32.1. The van der Waals surface area contributed by atoms with Crippen molar-refractivity contribution in [2.45, 2.75) is 13.1 Å². The normalized spacial score (nSPS) is 10.8. The van der Waals surface area contributed by atoms with E-state index in [1.54, 1.807) is 37.4 Å². The van der Waals surface area contributed by atoms with Crippen LogP contribution in [0.25, 0.3) is 10.9 Å². The maximum absolute atomic E-state index is 13.0. The summed E-state index contributed by atoms with van der Waals surface area (Å²) >= 11 is 5.40. The zero-order valence-corrected chi connectivity index (χ0v) is 18.0. The van der Waals surface area contributed by atoms with Crippen LogP contribution in [0.1, 0.15) is 21.5 Å². The minimum Gasteiger partial charge on any atom is -0.497 e. The first-order chi connectivity index (χ1) is 15.4. The Hall–Kier alpha value is -3.78. The molecule has 0 spiro atoms. The number of amides is 1. The largest absolute Gasteiger partial charge is 0.497 e. The van der Waals surface area contributed by atoms with Gasteiger partial charge in [-0.25, -0.2) is 4.39 Å². The second-order valence-electron chi connectivity index (χ2n) is 7.24. The molecule has 8 heteroatoms. The first-order valence-electron chi connectivity index (χ1n) is 9.87. The van der Waals surface area contributed by atoms with Crippen molar-refractivity contribution in [1.29, 1.82) is 0 Å². The van der Waals surface area contributed by atoms with Crippen LogP contribution in [0.2, 0.25) is 0 Å². The lowest BCUT2D eigenvalue weighted by atomic mass is 10.1. The van der Waals surface area contributed by atoms with Gasteiger partial charge < -0.3 is 15.0 Å². The number of carbonyl (C=O) groups is 1. The molecule has 32 heavy (non-hydrogen) atoms. The Bertz CT molecular complexity index is 1390. The Balaban J connectivity index is 1.57. The van der Waals surface area contributed by atoms with Crippen molar-refractivity contribution in [1.82, 2.24) is 14.9 Å². The third kappa shape index (κ3) is 4.60. The van der Waals surface area contributed by atoms with Crippen molar-refractivity contribution in [3.8, 4) is 5.75 Å². The Morgan fingerprint density at radius 2 is 1.75 bits per heavy atom. The number of rotatable bonds is 6. The average molecular weight is 450 g/mol. The van der Waals surface area contributed by atoms with Gasteiger partial charge in [0.25, 0.3) is 11.5 Å². The number of aromatic nitrogens is 2. The van der Waals surface area contributed by atoms with Crippen LogP contribution in [0.5, 0.6) is 5.75 Å². The van der Waals surface area contributed by atoms with Gasteiger partial charge in [0, 0.05) is 12.1 Å². The molecule has 1 heterocycles. The monoisotopic (exact) mass is 449 g/mol. The van der Waals surface area contributed by atoms with Gasteiger partial charge in [0.2, 0.25) is 0 Å². The van der Waals surface area contributed by atoms with Gasteiger partial charge in [-0.2, -0.15) is 0 Å². The summed E-state index contributed by atoms with van der Waals surface area (Å²) in [5.74, 6) is 0.0930. The summed E-state index contributed by atoms with van der Waals surface area (Å²) < 4.78 is 19.9. The molecule has 2 N–H and O–H groups in total. The number of hydrogen-bond donors (Lipinski definition) is 2. The summed E-state index contributed by atoms with van der Waals surface area (Å²) in [5, 5.41) is 3.22. The van der Waals surface area contributed by atoms with Gasteiger partial charge >= 0.3 is 0 Å². The lowest BCUT2D eigenvalue weighted by molar-refractivity contribution is 0.0951. The van der Waals surface area contributed by atoms with Crippen LogP contribution >= 0.6 is 12.2 Å². The van der Waals surface area contributed by atoms with Crippen LogP contribution in [0, 0.1) is 10.6 Å². The smallest absolute Gasteiger partial charge is 0.262 e. The second kappa shape index (κ2) is 9.15. The van der Waals surface area contributed by atoms with E-state index >= 15 is 0 Å². The zero-order valence-electron chi connectivity index (χ0n) is 17.2. The number of carbonyl (C=O) groups excluding carboxylic acids is 1. The SMILES string of the molecule is COc1ccc(Cn2c(=S)[nH]c3cc(C(=O)NCc4ccc(F)cc4)ccc3c2=O)cc1. The van der Waals surface area contributed by atoms with E-state index in [-0.39, 0.29) is 28.6 Å². The van der Waals surface area contributed by atoms with E-state index in [4.69, 9.17) is 17.0 Å². The molecule has 0 bridgehead atoms. The number of aromatic amines is 1. The van der Waals surface area contributed by atoms with Crippen LogP contribution < -0.4 is 15.6 Å². The van der Waals surface area contributed by atoms with E-state index in [9.17, 15) is 14.0 Å². The topological polar surface area (TPSA) is 76.1 Å². The summed E-state index contributed by atoms with van der Waals surface area (Å²) in [4.78, 5) is 28.6. The predicted octanol–water partition coefficient (Wildman–Crippen LogP) is 4.19. The van der Waals surface area contributed by atoms with E-state index in [1.165, 1.54) is 16.7 Å². The van der Waals surface area contributed by atoms with Gasteiger partial charge in [-0.05, 0) is 65.8 Å². The summed E-state index contributed by atoms with van der Waals surface area (Å²) in [7, 11) is 1.59. The van der Waals surface area contributed by atoms with Crippen molar-refractivity contribution >= 4 is 29.0 Å². The van der Waals surface area contributed by atoms with E-state index in [0.29, 0.717) is 23.0 Å². The number of nitrogens with one attached hydrogen (secondary N) is 2. The van der Waals surface area contributed by atoms with E-state index in [1.807, 2.05) is 24.3 Å². The number of halogens is 1. The Morgan fingerprint density at radius 1 is 1.06 bits per heavy atom. The third-order valence-corrected chi connectivity index (χ3v) is 5.43. The number of benzene rings is 3. The lowest BCUT2D eigenvalue weighted by Gasteiger charge is -2.10. The van der Waals surface area contributed by atoms with Crippen LogP contribution in [-0.4, -0.2) is 22.6 Å². The number of methoxy groups -OCH3 is 1. The summed E-state index contributed by atoms with van der Waals surface area (Å²) in [6, 6.07) is 18.1. The molecule has 0 unspecified atom stereocenters. The number of hydrogen-bond acceptors (Lipinski definition) is 4. The standard InChI is InChI=1S/C24H20FN3O3S/c1-31-19-9-4-16(5-10-19)14-28-23(30)20-11-6-17(12-21(20)27-24(28)32)22(29)26-13-15-2-7-18(25)8-3-15/h2-12H,13-14H2,1H3,(H,26,29)(H,27,32). The summed E-state index contributed by atoms with van der Waals surface area (Å²) in [6.07, 6.45) is 0. The molecular formula is C24H20FN3O3S. The highest BCUT2D eigenvalue weighted by Crippen LogP contribution is 2.14. The van der Waals surface area contributed by atoms with Gasteiger partial charge in [0.1, 0.15) is 11.6 Å². The van der Waals surface area contributed by atoms with E-state index < -0.39 is 0 Å². The molecule has 0 saturated carbocycles.